The molecule has 0 spiro atoms. The molecule has 2 amide bonds. The molecule has 0 bridgehead atoms. The van der Waals surface area contributed by atoms with Gasteiger partial charge in [0.05, 0.1) is 22.7 Å². The van der Waals surface area contributed by atoms with E-state index in [1.165, 1.54) is 12.8 Å². The van der Waals surface area contributed by atoms with Crippen LogP contribution in [0.4, 0.5) is 4.79 Å². The van der Waals surface area contributed by atoms with Crippen LogP contribution < -0.4 is 5.69 Å². The average molecular weight is 678 g/mol. The number of rotatable bonds is 6. The van der Waals surface area contributed by atoms with Crippen molar-refractivity contribution >= 4 is 44.7 Å². The number of piperidine rings is 3. The van der Waals surface area contributed by atoms with Gasteiger partial charge >= 0.3 is 11.8 Å². The summed E-state index contributed by atoms with van der Waals surface area (Å²) in [6.07, 6.45) is 6.39. The van der Waals surface area contributed by atoms with Crippen LogP contribution in [0.2, 0.25) is 0 Å². The van der Waals surface area contributed by atoms with Crippen molar-refractivity contribution in [2.75, 3.05) is 46.3 Å². The molecule has 0 radical (unpaired) electrons. The summed E-state index contributed by atoms with van der Waals surface area (Å²) < 4.78 is 8.01. The maximum Gasteiger partial charge on any atom is 0.410 e. The normalized spacial score (nSPS) is 19.5. The summed E-state index contributed by atoms with van der Waals surface area (Å²) in [4.78, 5) is 50.3. The minimum atomic E-state index is -0.923. The molecular formula is C39H47N7O4. The Kier molecular flexibility index (Phi) is 8.84. The van der Waals surface area contributed by atoms with Crippen molar-refractivity contribution in [1.82, 2.24) is 34.4 Å². The zero-order chi connectivity index (χ0) is 34.4. The Morgan fingerprint density at radius 2 is 1.56 bits per heavy atom. The maximum absolute atomic E-state index is 14.2. The maximum atomic E-state index is 14.2. The molecule has 0 aliphatic carbocycles. The quantitative estimate of drug-likeness (QED) is 0.241. The van der Waals surface area contributed by atoms with Crippen LogP contribution in [-0.4, -0.2) is 98.9 Å². The zero-order valence-corrected chi connectivity index (χ0v) is 29.1. The summed E-state index contributed by atoms with van der Waals surface area (Å²) in [7, 11) is 2.19. The Morgan fingerprint density at radius 3 is 2.32 bits per heavy atom. The van der Waals surface area contributed by atoms with Crippen molar-refractivity contribution in [3.05, 3.63) is 76.3 Å². The predicted octanol–water partition coefficient (Wildman–Crippen LogP) is 5.63. The number of ether oxygens (including phenoxy) is 1. The van der Waals surface area contributed by atoms with Gasteiger partial charge in [-0.05, 0) is 106 Å². The second-order valence-electron chi connectivity index (χ2n) is 14.8. The Balaban J connectivity index is 0.961. The van der Waals surface area contributed by atoms with Gasteiger partial charge in [-0.15, -0.1) is 0 Å². The van der Waals surface area contributed by atoms with Crippen molar-refractivity contribution in [3.63, 3.8) is 0 Å². The van der Waals surface area contributed by atoms with Crippen LogP contribution in [0.15, 0.2) is 59.5 Å². The molecule has 50 heavy (non-hydrogen) atoms. The lowest BCUT2D eigenvalue weighted by molar-refractivity contribution is -0.142. The molecule has 3 aliphatic heterocycles. The third-order valence-electron chi connectivity index (χ3n) is 11.7. The summed E-state index contributed by atoms with van der Waals surface area (Å²) in [6, 6.07) is 16.1. The molecule has 3 aromatic carbocycles. The number of amides is 2. The lowest BCUT2D eigenvalue weighted by Gasteiger charge is -2.40. The van der Waals surface area contributed by atoms with Gasteiger partial charge in [-0.2, -0.15) is 5.10 Å². The summed E-state index contributed by atoms with van der Waals surface area (Å²) in [6.45, 7) is 6.60. The van der Waals surface area contributed by atoms with Crippen LogP contribution in [0.25, 0.3) is 32.7 Å². The fraction of sp³-hybridized carbons (Fsp3) is 0.487. The molecule has 262 valence electrons. The molecule has 5 aromatic rings. The monoisotopic (exact) mass is 677 g/mol. The van der Waals surface area contributed by atoms with E-state index in [-0.39, 0.29) is 17.6 Å². The number of nitrogens with zero attached hydrogens (tertiary/aromatic N) is 5. The standard InChI is InChI=1S/C39H47N7O4/c1-25-21-26(22-30-24-40-42-35(25)30)23-34(37(47)44-17-11-28(12-18-44)27-9-15-43(2)16-10-27)50-39(49)45-19-13-31(14-20-45)46-33-8-7-29-5-3-4-6-32(29)36(33)41-38(46)48/h3-8,21-22,24,27-28,31,34H,9-20,23H2,1-2H3,(H,40,42)(H,41,48)/t34-/m1/s1. The van der Waals surface area contributed by atoms with E-state index in [9.17, 15) is 14.4 Å². The van der Waals surface area contributed by atoms with E-state index in [4.69, 9.17) is 4.74 Å². The predicted molar refractivity (Wildman–Crippen MR) is 194 cm³/mol. The first-order valence-electron chi connectivity index (χ1n) is 18.3. The van der Waals surface area contributed by atoms with Gasteiger partial charge in [0.1, 0.15) is 0 Å². The fourth-order valence-corrected chi connectivity index (χ4v) is 8.85. The van der Waals surface area contributed by atoms with Crippen molar-refractivity contribution < 1.29 is 14.3 Å². The summed E-state index contributed by atoms with van der Waals surface area (Å²) >= 11 is 0. The van der Waals surface area contributed by atoms with Crippen LogP contribution >= 0.6 is 0 Å². The van der Waals surface area contributed by atoms with Gasteiger partial charge in [-0.1, -0.05) is 36.4 Å². The number of likely N-dealkylation sites (tertiary alicyclic amines) is 3. The topological polar surface area (TPSA) is 120 Å². The molecule has 0 saturated carbocycles. The lowest BCUT2D eigenvalue weighted by Crippen LogP contribution is -2.49. The number of imidazole rings is 1. The molecule has 3 saturated heterocycles. The molecule has 8 rings (SSSR count). The molecule has 3 aliphatic rings. The summed E-state index contributed by atoms with van der Waals surface area (Å²) in [5.74, 6) is 1.26. The second-order valence-corrected chi connectivity index (χ2v) is 14.8. The SMILES string of the molecule is Cc1cc(C[C@@H](OC(=O)N2CCC(n3c(=O)[nH]c4c5ccccc5ccc43)CC2)C(=O)N2CCC(C3CCN(C)CC3)CC2)cc2cn[nH]c12. The number of carbonyl (C=O) groups is 2. The van der Waals surface area contributed by atoms with Crippen molar-refractivity contribution in [2.24, 2.45) is 11.8 Å². The number of H-pyrrole nitrogens is 2. The van der Waals surface area contributed by atoms with Crippen LogP contribution in [0.5, 0.6) is 0 Å². The van der Waals surface area contributed by atoms with Crippen molar-refractivity contribution in [3.8, 4) is 0 Å². The highest BCUT2D eigenvalue weighted by atomic mass is 16.6. The molecule has 5 heterocycles. The van der Waals surface area contributed by atoms with Gasteiger partial charge in [0, 0.05) is 49.4 Å². The third kappa shape index (κ3) is 6.27. The van der Waals surface area contributed by atoms with E-state index >= 15 is 0 Å². The van der Waals surface area contributed by atoms with Gasteiger partial charge in [0.25, 0.3) is 5.91 Å². The van der Waals surface area contributed by atoms with Gasteiger partial charge < -0.3 is 24.4 Å². The Hall–Kier alpha value is -4.64. The van der Waals surface area contributed by atoms with Gasteiger partial charge in [-0.25, -0.2) is 9.59 Å². The number of hydrogen-bond acceptors (Lipinski definition) is 6. The van der Waals surface area contributed by atoms with E-state index in [0.717, 1.165) is 75.7 Å². The number of aromatic nitrogens is 4. The van der Waals surface area contributed by atoms with E-state index < -0.39 is 12.2 Å². The summed E-state index contributed by atoms with van der Waals surface area (Å²) in [5, 5.41) is 10.3. The second kappa shape index (κ2) is 13.6. The Morgan fingerprint density at radius 1 is 0.860 bits per heavy atom. The average Bonchev–Trinajstić information content (AvgIpc) is 3.76. The summed E-state index contributed by atoms with van der Waals surface area (Å²) in [5.41, 5.74) is 4.53. The van der Waals surface area contributed by atoms with Crippen molar-refractivity contribution in [1.29, 1.82) is 0 Å². The van der Waals surface area contributed by atoms with Gasteiger partial charge in [0.2, 0.25) is 0 Å². The first-order chi connectivity index (χ1) is 24.3. The molecule has 11 heteroatoms. The fourth-order valence-electron chi connectivity index (χ4n) is 8.85. The van der Waals surface area contributed by atoms with Gasteiger partial charge in [0.15, 0.2) is 6.10 Å². The molecule has 2 N–H and O–H groups in total. The number of benzene rings is 3. The zero-order valence-electron chi connectivity index (χ0n) is 29.1. The minimum Gasteiger partial charge on any atom is -0.436 e. The van der Waals surface area contributed by atoms with Crippen LogP contribution in [0, 0.1) is 18.8 Å². The highest BCUT2D eigenvalue weighted by Crippen LogP contribution is 2.33. The molecule has 1 atom stereocenters. The van der Waals surface area contributed by atoms with Crippen molar-refractivity contribution in [2.45, 2.75) is 64.0 Å². The number of carbonyl (C=O) groups excluding carboxylic acids is 2. The third-order valence-corrected chi connectivity index (χ3v) is 11.7. The van der Waals surface area contributed by atoms with Crippen LogP contribution in [-0.2, 0) is 16.0 Å². The molecule has 3 fully saturated rings. The smallest absolute Gasteiger partial charge is 0.410 e. The molecule has 2 aromatic heterocycles. The molecule has 11 nitrogen and oxygen atoms in total. The van der Waals surface area contributed by atoms with Crippen LogP contribution in [0.1, 0.15) is 55.7 Å². The van der Waals surface area contributed by atoms with E-state index in [1.54, 1.807) is 11.1 Å². The minimum absolute atomic E-state index is 0.0468. The van der Waals surface area contributed by atoms with E-state index in [2.05, 4.69) is 33.2 Å². The largest absolute Gasteiger partial charge is 0.436 e. The number of aryl methyl sites for hydroxylation is 1. The van der Waals surface area contributed by atoms with Gasteiger partial charge in [-0.3, -0.25) is 14.5 Å². The first-order valence-corrected chi connectivity index (χ1v) is 18.3. The number of nitrogens with one attached hydrogen (secondary N) is 2. The number of aromatic amines is 2. The first kappa shape index (κ1) is 32.6. The number of fused-ring (bicyclic) bond motifs is 4. The Bertz CT molecular complexity index is 2070. The lowest BCUT2D eigenvalue weighted by atomic mass is 9.79. The van der Waals surface area contributed by atoms with E-state index in [1.807, 2.05) is 58.9 Å². The number of hydrogen-bond donors (Lipinski definition) is 2. The van der Waals surface area contributed by atoms with Crippen LogP contribution in [0.3, 0.4) is 0 Å². The highest BCUT2D eigenvalue weighted by molar-refractivity contribution is 6.04. The molecule has 0 unspecified atom stereocenters. The molecular weight excluding hydrogens is 630 g/mol. The highest BCUT2D eigenvalue weighted by Gasteiger charge is 2.36. The Labute approximate surface area is 291 Å². The van der Waals surface area contributed by atoms with E-state index in [0.29, 0.717) is 51.4 Å².